The molecule has 0 aromatic carbocycles. The summed E-state index contributed by atoms with van der Waals surface area (Å²) in [6.45, 7) is 3.60. The smallest absolute Gasteiger partial charge is 0.318 e. The lowest BCUT2D eigenvalue weighted by molar-refractivity contribution is 0.242. The molecule has 2 amide bonds. The summed E-state index contributed by atoms with van der Waals surface area (Å²) in [6.07, 6.45) is 4.36. The zero-order valence-electron chi connectivity index (χ0n) is 9.84. The van der Waals surface area contributed by atoms with Gasteiger partial charge in [0.15, 0.2) is 0 Å². The Balaban J connectivity index is 2.10. The number of allylic oxidation sites excluding steroid dienone is 1. The number of nitrogens with one attached hydrogen (secondary N) is 2. The van der Waals surface area contributed by atoms with E-state index in [1.165, 1.54) is 18.4 Å². The van der Waals surface area contributed by atoms with Crippen LogP contribution >= 0.6 is 0 Å². The van der Waals surface area contributed by atoms with Gasteiger partial charge in [0, 0.05) is 19.3 Å². The first-order valence-corrected chi connectivity index (χ1v) is 5.45. The van der Waals surface area contributed by atoms with E-state index in [1.807, 2.05) is 25.2 Å². The molecular formula is C11H21N3O. The van der Waals surface area contributed by atoms with Gasteiger partial charge in [0.25, 0.3) is 0 Å². The van der Waals surface area contributed by atoms with Gasteiger partial charge in [-0.2, -0.15) is 0 Å². The number of amides is 2. The van der Waals surface area contributed by atoms with Gasteiger partial charge in [-0.05, 0) is 39.8 Å². The van der Waals surface area contributed by atoms with Crippen molar-refractivity contribution in [2.24, 2.45) is 5.92 Å². The molecule has 1 saturated carbocycles. The second-order valence-electron chi connectivity index (χ2n) is 4.37. The van der Waals surface area contributed by atoms with E-state index in [4.69, 9.17) is 0 Å². The van der Waals surface area contributed by atoms with Crippen molar-refractivity contribution < 1.29 is 4.79 Å². The number of hydrogen-bond acceptors (Lipinski definition) is 2. The minimum absolute atomic E-state index is 0.114. The molecule has 1 aliphatic rings. The van der Waals surface area contributed by atoms with Crippen LogP contribution in [0.2, 0.25) is 0 Å². The molecule has 4 nitrogen and oxygen atoms in total. The van der Waals surface area contributed by atoms with Crippen LogP contribution in [0.3, 0.4) is 0 Å². The maximum Gasteiger partial charge on any atom is 0.318 e. The second-order valence-corrected chi connectivity index (χ2v) is 4.37. The Labute approximate surface area is 91.7 Å². The van der Waals surface area contributed by atoms with E-state index in [0.717, 1.165) is 6.54 Å². The summed E-state index contributed by atoms with van der Waals surface area (Å²) in [5, 5.41) is 5.54. The molecule has 0 saturated heterocycles. The predicted octanol–water partition coefficient (Wildman–Crippen LogP) is 1.16. The first-order valence-electron chi connectivity index (χ1n) is 5.45. The molecule has 4 heteroatoms. The molecule has 0 bridgehead atoms. The molecule has 0 heterocycles. The molecule has 2 N–H and O–H groups in total. The summed E-state index contributed by atoms with van der Waals surface area (Å²) in [4.78, 5) is 13.3. The van der Waals surface area contributed by atoms with Gasteiger partial charge < -0.3 is 15.5 Å². The Morgan fingerprint density at radius 1 is 1.47 bits per heavy atom. The maximum atomic E-state index is 11.3. The van der Waals surface area contributed by atoms with Crippen LogP contribution in [0, 0.1) is 5.92 Å². The SMILES string of the molecule is C/C(=C\NC(=O)NCCN(C)C)C1CC1. The van der Waals surface area contributed by atoms with E-state index >= 15 is 0 Å². The lowest BCUT2D eigenvalue weighted by atomic mass is 10.2. The van der Waals surface area contributed by atoms with Crippen molar-refractivity contribution in [3.63, 3.8) is 0 Å². The van der Waals surface area contributed by atoms with E-state index in [0.29, 0.717) is 12.5 Å². The average Bonchev–Trinajstić information content (AvgIpc) is 2.96. The van der Waals surface area contributed by atoms with Crippen LogP contribution in [0.25, 0.3) is 0 Å². The molecule has 0 unspecified atom stereocenters. The van der Waals surface area contributed by atoms with Crippen LogP contribution in [0.5, 0.6) is 0 Å². The number of rotatable bonds is 5. The molecule has 1 rings (SSSR count). The van der Waals surface area contributed by atoms with Gasteiger partial charge in [0.05, 0.1) is 0 Å². The molecule has 0 aromatic rings. The average molecular weight is 211 g/mol. The predicted molar refractivity (Wildman–Crippen MR) is 61.6 cm³/mol. The molecule has 0 radical (unpaired) electrons. The first kappa shape index (κ1) is 12.0. The molecule has 1 fully saturated rings. The fourth-order valence-corrected chi connectivity index (χ4v) is 1.28. The van der Waals surface area contributed by atoms with E-state index < -0.39 is 0 Å². The Kier molecular flexibility index (Phi) is 4.62. The molecule has 0 spiro atoms. The van der Waals surface area contributed by atoms with Gasteiger partial charge in [-0.15, -0.1) is 0 Å². The topological polar surface area (TPSA) is 44.4 Å². The molecule has 0 aromatic heterocycles. The van der Waals surface area contributed by atoms with Crippen molar-refractivity contribution >= 4 is 6.03 Å². The third-order valence-corrected chi connectivity index (χ3v) is 2.50. The van der Waals surface area contributed by atoms with E-state index in [9.17, 15) is 4.79 Å². The molecular weight excluding hydrogens is 190 g/mol. The minimum Gasteiger partial charge on any atom is -0.337 e. The minimum atomic E-state index is -0.114. The Morgan fingerprint density at radius 3 is 2.67 bits per heavy atom. The standard InChI is InChI=1S/C11H21N3O/c1-9(10-4-5-10)8-13-11(15)12-6-7-14(2)3/h8,10H,4-7H2,1-3H3,(H2,12,13,15)/b9-8+. The Bertz CT molecular complexity index is 244. The van der Waals surface area contributed by atoms with Crippen LogP contribution in [-0.2, 0) is 0 Å². The third kappa shape index (κ3) is 5.42. The summed E-state index contributed by atoms with van der Waals surface area (Å²) in [7, 11) is 3.97. The van der Waals surface area contributed by atoms with Crippen LogP contribution in [0.4, 0.5) is 4.79 Å². The fraction of sp³-hybridized carbons (Fsp3) is 0.727. The molecule has 0 atom stereocenters. The van der Waals surface area contributed by atoms with Gasteiger partial charge in [-0.3, -0.25) is 0 Å². The van der Waals surface area contributed by atoms with Crippen molar-refractivity contribution in [2.45, 2.75) is 19.8 Å². The zero-order chi connectivity index (χ0) is 11.3. The van der Waals surface area contributed by atoms with Crippen LogP contribution in [0.1, 0.15) is 19.8 Å². The summed E-state index contributed by atoms with van der Waals surface area (Å²) < 4.78 is 0. The van der Waals surface area contributed by atoms with Gasteiger partial charge in [-0.25, -0.2) is 4.79 Å². The highest BCUT2D eigenvalue weighted by molar-refractivity contribution is 5.74. The van der Waals surface area contributed by atoms with Gasteiger partial charge in [-0.1, -0.05) is 5.57 Å². The highest BCUT2D eigenvalue weighted by atomic mass is 16.2. The number of carbonyl (C=O) groups is 1. The normalized spacial score (nSPS) is 16.7. The Hall–Kier alpha value is -1.03. The summed E-state index contributed by atoms with van der Waals surface area (Å²) in [5.74, 6) is 0.715. The van der Waals surface area contributed by atoms with Crippen LogP contribution in [0.15, 0.2) is 11.8 Å². The van der Waals surface area contributed by atoms with E-state index in [2.05, 4.69) is 17.6 Å². The maximum absolute atomic E-state index is 11.3. The number of hydrogen-bond donors (Lipinski definition) is 2. The van der Waals surface area contributed by atoms with Crippen molar-refractivity contribution in [2.75, 3.05) is 27.2 Å². The second kappa shape index (κ2) is 5.75. The van der Waals surface area contributed by atoms with E-state index in [-0.39, 0.29) is 6.03 Å². The lowest BCUT2D eigenvalue weighted by Gasteiger charge is -2.10. The van der Waals surface area contributed by atoms with E-state index in [1.54, 1.807) is 0 Å². The molecule has 86 valence electrons. The lowest BCUT2D eigenvalue weighted by Crippen LogP contribution is -2.36. The van der Waals surface area contributed by atoms with Crippen molar-refractivity contribution in [3.05, 3.63) is 11.8 Å². The Morgan fingerprint density at radius 2 is 2.13 bits per heavy atom. The first-order chi connectivity index (χ1) is 7.09. The number of likely N-dealkylation sites (N-methyl/N-ethyl adjacent to an activating group) is 1. The number of nitrogens with zero attached hydrogens (tertiary/aromatic N) is 1. The largest absolute Gasteiger partial charge is 0.337 e. The van der Waals surface area contributed by atoms with Crippen molar-refractivity contribution in [1.82, 2.24) is 15.5 Å². The number of carbonyl (C=O) groups excluding carboxylic acids is 1. The molecule has 15 heavy (non-hydrogen) atoms. The highest BCUT2D eigenvalue weighted by Crippen LogP contribution is 2.35. The summed E-state index contributed by atoms with van der Waals surface area (Å²) in [5.41, 5.74) is 1.28. The number of urea groups is 1. The molecule has 0 aliphatic heterocycles. The fourth-order valence-electron chi connectivity index (χ4n) is 1.28. The third-order valence-electron chi connectivity index (χ3n) is 2.50. The highest BCUT2D eigenvalue weighted by Gasteiger charge is 2.22. The van der Waals surface area contributed by atoms with Crippen LogP contribution in [-0.4, -0.2) is 38.1 Å². The monoisotopic (exact) mass is 211 g/mol. The quantitative estimate of drug-likeness (QED) is 0.716. The van der Waals surface area contributed by atoms with Gasteiger partial charge >= 0.3 is 6.03 Å². The van der Waals surface area contributed by atoms with Crippen molar-refractivity contribution in [3.8, 4) is 0 Å². The molecule has 1 aliphatic carbocycles. The zero-order valence-corrected chi connectivity index (χ0v) is 9.84. The van der Waals surface area contributed by atoms with Crippen molar-refractivity contribution in [1.29, 1.82) is 0 Å². The van der Waals surface area contributed by atoms with Crippen LogP contribution < -0.4 is 10.6 Å². The van der Waals surface area contributed by atoms with Gasteiger partial charge in [0.1, 0.15) is 0 Å². The summed E-state index contributed by atoms with van der Waals surface area (Å²) in [6, 6.07) is -0.114. The van der Waals surface area contributed by atoms with Gasteiger partial charge in [0.2, 0.25) is 0 Å². The summed E-state index contributed by atoms with van der Waals surface area (Å²) >= 11 is 0.